The van der Waals surface area contributed by atoms with Crippen molar-refractivity contribution < 1.29 is 13.9 Å². The van der Waals surface area contributed by atoms with E-state index in [1.165, 1.54) is 11.8 Å². The van der Waals surface area contributed by atoms with Crippen molar-refractivity contribution in [2.45, 2.75) is 32.6 Å². The summed E-state index contributed by atoms with van der Waals surface area (Å²) in [5.74, 6) is 1.16. The van der Waals surface area contributed by atoms with Gasteiger partial charge in [-0.05, 0) is 35.7 Å². The van der Waals surface area contributed by atoms with E-state index in [1.807, 2.05) is 66.7 Å². The number of oxazole rings is 1. The van der Waals surface area contributed by atoms with E-state index in [0.717, 1.165) is 16.9 Å². The predicted octanol–water partition coefficient (Wildman–Crippen LogP) is 5.72. The smallest absolute Gasteiger partial charge is 0.275 e. The van der Waals surface area contributed by atoms with Crippen molar-refractivity contribution in [1.29, 1.82) is 0 Å². The maximum atomic E-state index is 12.9. The number of carbonyl (C=O) groups excluding carboxylic acids is 1. The molecule has 0 spiro atoms. The monoisotopic (exact) mass is 469 g/mol. The average Bonchev–Trinajstić information content (AvgIpc) is 3.37. The van der Waals surface area contributed by atoms with E-state index >= 15 is 0 Å². The second kappa shape index (κ2) is 11.5. The Kier molecular flexibility index (Phi) is 7.95. The normalized spacial score (nSPS) is 11.9. The zero-order valence-electron chi connectivity index (χ0n) is 20.4. The summed E-state index contributed by atoms with van der Waals surface area (Å²) < 4.78 is 11.2. The van der Waals surface area contributed by atoms with Gasteiger partial charge in [0, 0.05) is 26.2 Å². The molecule has 6 heteroatoms. The molecule has 1 aromatic heterocycles. The van der Waals surface area contributed by atoms with Crippen LogP contribution in [0.4, 0.5) is 0 Å². The molecule has 0 radical (unpaired) electrons. The molecule has 0 fully saturated rings. The first-order valence-corrected chi connectivity index (χ1v) is 11.7. The Hall–Kier alpha value is -3.90. The molecule has 0 unspecified atom stereocenters. The predicted molar refractivity (Wildman–Crippen MR) is 136 cm³/mol. The molecule has 4 aromatic rings. The molecular weight excluding hydrogens is 438 g/mol. The number of aromatic nitrogens is 1. The Morgan fingerprint density at radius 1 is 0.914 bits per heavy atom. The van der Waals surface area contributed by atoms with Crippen molar-refractivity contribution in [3.63, 3.8) is 0 Å². The van der Waals surface area contributed by atoms with E-state index in [-0.39, 0.29) is 11.9 Å². The lowest BCUT2D eigenvalue weighted by Gasteiger charge is -2.28. The maximum Gasteiger partial charge on any atom is 0.275 e. The fourth-order valence-corrected chi connectivity index (χ4v) is 4.06. The third-order valence-electron chi connectivity index (χ3n) is 6.07. The van der Waals surface area contributed by atoms with Gasteiger partial charge in [-0.2, -0.15) is 0 Å². The zero-order chi connectivity index (χ0) is 24.6. The quantitative estimate of drug-likeness (QED) is 0.297. The number of methoxy groups -OCH3 is 1. The Bertz CT molecular complexity index is 1220. The molecule has 6 nitrogen and oxygen atoms in total. The summed E-state index contributed by atoms with van der Waals surface area (Å²) in [7, 11) is 3.44. The summed E-state index contributed by atoms with van der Waals surface area (Å²) in [4.78, 5) is 21.4. The SMILES string of the molecule is COc1cccc(CN(Cc2nc(C(=O)N(C)Cc3ccccc3)co2)[C@H](C)c2ccccc2)c1. The third kappa shape index (κ3) is 6.37. The molecule has 0 aliphatic rings. The molecule has 35 heavy (non-hydrogen) atoms. The number of carbonyl (C=O) groups is 1. The lowest BCUT2D eigenvalue weighted by molar-refractivity contribution is 0.0779. The summed E-state index contributed by atoms with van der Waals surface area (Å²) in [5.41, 5.74) is 3.69. The van der Waals surface area contributed by atoms with Crippen molar-refractivity contribution >= 4 is 5.91 Å². The van der Waals surface area contributed by atoms with E-state index in [4.69, 9.17) is 9.15 Å². The molecular formula is C29H31N3O3. The van der Waals surface area contributed by atoms with E-state index < -0.39 is 0 Å². The highest BCUT2D eigenvalue weighted by molar-refractivity contribution is 5.91. The van der Waals surface area contributed by atoms with Gasteiger partial charge in [0.25, 0.3) is 5.91 Å². The molecule has 180 valence electrons. The van der Waals surface area contributed by atoms with Gasteiger partial charge in [-0.15, -0.1) is 0 Å². The standard InChI is InChI=1S/C29H31N3O3/c1-22(25-14-8-5-9-15-25)32(19-24-13-10-16-26(17-24)34-3)20-28-30-27(21-35-28)29(33)31(2)18-23-11-6-4-7-12-23/h4-17,21-22H,18-20H2,1-3H3/t22-/m1/s1. The third-order valence-corrected chi connectivity index (χ3v) is 6.07. The van der Waals surface area contributed by atoms with E-state index in [0.29, 0.717) is 31.2 Å². The van der Waals surface area contributed by atoms with Gasteiger partial charge in [0.05, 0.1) is 13.7 Å². The van der Waals surface area contributed by atoms with Crippen LogP contribution >= 0.6 is 0 Å². The van der Waals surface area contributed by atoms with E-state index in [1.54, 1.807) is 19.1 Å². The second-order valence-electron chi connectivity index (χ2n) is 8.62. The average molecular weight is 470 g/mol. The van der Waals surface area contributed by atoms with Gasteiger partial charge < -0.3 is 14.1 Å². The van der Waals surface area contributed by atoms with E-state index in [2.05, 4.69) is 35.0 Å². The Labute approximate surface area is 206 Å². The molecule has 1 heterocycles. The molecule has 0 bridgehead atoms. The van der Waals surface area contributed by atoms with Crippen LogP contribution in [0.25, 0.3) is 0 Å². The van der Waals surface area contributed by atoms with Crippen LogP contribution in [0.5, 0.6) is 5.75 Å². The molecule has 1 amide bonds. The number of hydrogen-bond acceptors (Lipinski definition) is 5. The molecule has 0 aliphatic carbocycles. The second-order valence-corrected chi connectivity index (χ2v) is 8.62. The summed E-state index contributed by atoms with van der Waals surface area (Å²) in [6, 6.07) is 28.4. The fraction of sp³-hybridized carbons (Fsp3) is 0.241. The fourth-order valence-electron chi connectivity index (χ4n) is 4.06. The number of benzene rings is 3. The minimum absolute atomic E-state index is 0.106. The van der Waals surface area contributed by atoms with Crippen molar-refractivity contribution in [2.75, 3.05) is 14.2 Å². The van der Waals surface area contributed by atoms with Crippen LogP contribution in [0, 0.1) is 0 Å². The first kappa shape index (κ1) is 24.2. The molecule has 0 N–H and O–H groups in total. The van der Waals surface area contributed by atoms with Gasteiger partial charge in [0.1, 0.15) is 12.0 Å². The molecule has 1 atom stereocenters. The van der Waals surface area contributed by atoms with Gasteiger partial charge >= 0.3 is 0 Å². The first-order valence-electron chi connectivity index (χ1n) is 11.7. The van der Waals surface area contributed by atoms with Gasteiger partial charge in [-0.25, -0.2) is 4.98 Å². The van der Waals surface area contributed by atoms with Crippen molar-refractivity contribution in [1.82, 2.24) is 14.8 Å². The van der Waals surface area contributed by atoms with Crippen LogP contribution in [0.2, 0.25) is 0 Å². The molecule has 0 saturated heterocycles. The minimum Gasteiger partial charge on any atom is -0.497 e. The summed E-state index contributed by atoms with van der Waals surface area (Å²) in [5, 5.41) is 0. The zero-order valence-corrected chi connectivity index (χ0v) is 20.4. The van der Waals surface area contributed by atoms with Crippen LogP contribution in [-0.2, 0) is 19.6 Å². The van der Waals surface area contributed by atoms with Crippen LogP contribution in [-0.4, -0.2) is 34.8 Å². The van der Waals surface area contributed by atoms with Gasteiger partial charge in [0.2, 0.25) is 5.89 Å². The van der Waals surface area contributed by atoms with Crippen molar-refractivity contribution in [2.24, 2.45) is 0 Å². The highest BCUT2D eigenvalue weighted by Crippen LogP contribution is 2.26. The summed E-state index contributed by atoms with van der Waals surface area (Å²) in [6.45, 7) is 3.81. The van der Waals surface area contributed by atoms with Gasteiger partial charge in [-0.1, -0.05) is 72.8 Å². The number of nitrogens with zero attached hydrogens (tertiary/aromatic N) is 3. The van der Waals surface area contributed by atoms with Crippen molar-refractivity contribution in [3.05, 3.63) is 119 Å². The van der Waals surface area contributed by atoms with Crippen LogP contribution in [0.3, 0.4) is 0 Å². The number of amides is 1. The largest absolute Gasteiger partial charge is 0.497 e. The molecule has 4 rings (SSSR count). The number of rotatable bonds is 10. The summed E-state index contributed by atoms with van der Waals surface area (Å²) in [6.07, 6.45) is 1.45. The molecule has 3 aromatic carbocycles. The minimum atomic E-state index is -0.167. The van der Waals surface area contributed by atoms with Crippen LogP contribution in [0.1, 0.15) is 46.0 Å². The van der Waals surface area contributed by atoms with Crippen molar-refractivity contribution in [3.8, 4) is 5.75 Å². The Balaban J connectivity index is 1.51. The van der Waals surface area contributed by atoms with Crippen LogP contribution in [0.15, 0.2) is 95.6 Å². The van der Waals surface area contributed by atoms with Gasteiger partial charge in [0.15, 0.2) is 5.69 Å². The van der Waals surface area contributed by atoms with Crippen LogP contribution < -0.4 is 4.74 Å². The molecule has 0 saturated carbocycles. The molecule has 0 aliphatic heterocycles. The van der Waals surface area contributed by atoms with E-state index in [9.17, 15) is 4.79 Å². The highest BCUT2D eigenvalue weighted by Gasteiger charge is 2.22. The number of hydrogen-bond donors (Lipinski definition) is 0. The highest BCUT2D eigenvalue weighted by atomic mass is 16.5. The first-order chi connectivity index (χ1) is 17.0. The lowest BCUT2D eigenvalue weighted by Crippen LogP contribution is -2.27. The topological polar surface area (TPSA) is 58.8 Å². The Morgan fingerprint density at radius 2 is 1.60 bits per heavy atom. The Morgan fingerprint density at radius 3 is 2.31 bits per heavy atom. The maximum absolute atomic E-state index is 12.9. The summed E-state index contributed by atoms with van der Waals surface area (Å²) >= 11 is 0. The lowest BCUT2D eigenvalue weighted by atomic mass is 10.1. The van der Waals surface area contributed by atoms with Gasteiger partial charge in [-0.3, -0.25) is 9.69 Å². The number of ether oxygens (including phenoxy) is 1.